The fourth-order valence-electron chi connectivity index (χ4n) is 1.05. The van der Waals surface area contributed by atoms with Crippen molar-refractivity contribution in [1.82, 2.24) is 0 Å². The molecule has 0 saturated heterocycles. The molecule has 0 amide bonds. The van der Waals surface area contributed by atoms with Crippen molar-refractivity contribution in [2.24, 2.45) is 10.8 Å². The molecule has 0 saturated carbocycles. The minimum absolute atomic E-state index is 0.337. The summed E-state index contributed by atoms with van der Waals surface area (Å²) in [5.74, 6) is -0.893. The molecule has 0 aromatic heterocycles. The van der Waals surface area contributed by atoms with Gasteiger partial charge in [0, 0.05) is 3.57 Å². The first-order chi connectivity index (χ1) is 9.23. The van der Waals surface area contributed by atoms with E-state index in [2.05, 4.69) is 15.3 Å². The van der Waals surface area contributed by atoms with Gasteiger partial charge in [0.2, 0.25) is 5.71 Å². The molecule has 0 heterocycles. The molecule has 0 fully saturated rings. The Bertz CT molecular complexity index is 594. The summed E-state index contributed by atoms with van der Waals surface area (Å²) < 4.78 is 40.2. The van der Waals surface area contributed by atoms with Crippen molar-refractivity contribution < 1.29 is 17.9 Å². The average molecular weight is 397 g/mol. The van der Waals surface area contributed by atoms with E-state index in [1.165, 1.54) is 6.07 Å². The molecular weight excluding hydrogens is 390 g/mol. The van der Waals surface area contributed by atoms with Gasteiger partial charge in [-0.25, -0.2) is 0 Å². The van der Waals surface area contributed by atoms with Crippen LogP contribution in [0.3, 0.4) is 0 Å². The lowest BCUT2D eigenvalue weighted by atomic mass is 10.3. The molecule has 4 N–H and O–H groups in total. The first-order valence-electron chi connectivity index (χ1n) is 4.86. The number of nitrogens with two attached hydrogens (primary N) is 1. The number of halogens is 4. The lowest BCUT2D eigenvalue weighted by Gasteiger charge is -2.10. The molecule has 1 aromatic rings. The van der Waals surface area contributed by atoms with Crippen LogP contribution in [0, 0.1) is 20.3 Å². The zero-order valence-electron chi connectivity index (χ0n) is 9.62. The first-order valence-corrected chi connectivity index (χ1v) is 5.94. The van der Waals surface area contributed by atoms with E-state index in [1.54, 1.807) is 28.7 Å². The third-order valence-corrected chi connectivity index (χ3v) is 2.72. The summed E-state index contributed by atoms with van der Waals surface area (Å²) in [5.41, 5.74) is 7.53. The Labute approximate surface area is 125 Å². The normalized spacial score (nSPS) is 11.7. The standard InChI is InChI=1S/C10H7F3IN5O/c11-10(12,13)20-5-1-2-7(6(14)3-5)18-19-8(4-15)9(16)17/h1-3,18H,(H3,16,17)/b19-8+. The Morgan fingerprint density at radius 3 is 2.60 bits per heavy atom. The fourth-order valence-corrected chi connectivity index (χ4v) is 1.65. The van der Waals surface area contributed by atoms with Crippen LogP contribution in [-0.4, -0.2) is 17.9 Å². The van der Waals surface area contributed by atoms with Crippen molar-refractivity contribution in [3.05, 3.63) is 21.8 Å². The van der Waals surface area contributed by atoms with Crippen LogP contribution < -0.4 is 15.9 Å². The molecule has 0 unspecified atom stereocenters. The average Bonchev–Trinajstić information content (AvgIpc) is 2.29. The molecule has 0 bridgehead atoms. The molecule has 0 atom stereocenters. The third kappa shape index (κ3) is 4.92. The summed E-state index contributed by atoms with van der Waals surface area (Å²) in [6.07, 6.45) is -4.77. The SMILES string of the molecule is N#C/C(=N\Nc1ccc(OC(F)(F)F)cc1I)C(=N)N. The van der Waals surface area contributed by atoms with E-state index >= 15 is 0 Å². The number of hydrazone groups is 1. The van der Waals surface area contributed by atoms with Crippen LogP contribution in [0.1, 0.15) is 0 Å². The van der Waals surface area contributed by atoms with Crippen molar-refractivity contribution in [2.45, 2.75) is 6.36 Å². The van der Waals surface area contributed by atoms with Gasteiger partial charge in [0.15, 0.2) is 5.84 Å². The van der Waals surface area contributed by atoms with Gasteiger partial charge in [-0.3, -0.25) is 10.8 Å². The Balaban J connectivity index is 2.90. The van der Waals surface area contributed by atoms with Crippen molar-refractivity contribution in [2.75, 3.05) is 5.43 Å². The smallest absolute Gasteiger partial charge is 0.406 e. The molecule has 6 nitrogen and oxygen atoms in total. The predicted octanol–water partition coefficient (Wildman–Crippen LogP) is 2.42. The maximum Gasteiger partial charge on any atom is 0.573 e. The van der Waals surface area contributed by atoms with Crippen molar-refractivity contribution in [3.63, 3.8) is 0 Å². The molecule has 10 heteroatoms. The van der Waals surface area contributed by atoms with Crippen molar-refractivity contribution >= 4 is 39.8 Å². The number of hydrogen-bond acceptors (Lipinski definition) is 5. The van der Waals surface area contributed by atoms with E-state index in [-0.39, 0.29) is 11.5 Å². The van der Waals surface area contributed by atoms with E-state index in [9.17, 15) is 13.2 Å². The van der Waals surface area contributed by atoms with E-state index in [4.69, 9.17) is 16.4 Å². The van der Waals surface area contributed by atoms with Crippen LogP contribution in [0.15, 0.2) is 23.3 Å². The number of nitrogens with zero attached hydrogens (tertiary/aromatic N) is 2. The van der Waals surface area contributed by atoms with Crippen LogP contribution in [-0.2, 0) is 0 Å². The molecule has 0 spiro atoms. The Morgan fingerprint density at radius 1 is 1.50 bits per heavy atom. The molecular formula is C10H7F3IN5O. The number of amidine groups is 1. The summed E-state index contributed by atoms with van der Waals surface area (Å²) >= 11 is 1.77. The summed E-state index contributed by atoms with van der Waals surface area (Å²) in [7, 11) is 0. The molecule has 106 valence electrons. The van der Waals surface area contributed by atoms with Gasteiger partial charge in [0.25, 0.3) is 0 Å². The van der Waals surface area contributed by atoms with E-state index in [0.29, 0.717) is 9.26 Å². The highest BCUT2D eigenvalue weighted by atomic mass is 127. The molecule has 1 rings (SSSR count). The van der Waals surface area contributed by atoms with Crippen molar-refractivity contribution in [3.8, 4) is 11.8 Å². The lowest BCUT2D eigenvalue weighted by Crippen LogP contribution is -2.22. The number of rotatable bonds is 4. The van der Waals surface area contributed by atoms with Gasteiger partial charge in [-0.05, 0) is 40.8 Å². The summed E-state index contributed by atoms with van der Waals surface area (Å²) in [6, 6.07) is 5.12. The Morgan fingerprint density at radius 2 is 2.15 bits per heavy atom. The monoisotopic (exact) mass is 397 g/mol. The van der Waals surface area contributed by atoms with Gasteiger partial charge in [0.05, 0.1) is 5.69 Å². The molecule has 0 radical (unpaired) electrons. The summed E-state index contributed by atoms with van der Waals surface area (Å²) in [4.78, 5) is 0. The summed E-state index contributed by atoms with van der Waals surface area (Å²) in [5, 5.41) is 19.2. The minimum atomic E-state index is -4.77. The second-order valence-corrected chi connectivity index (χ2v) is 4.45. The number of alkyl halides is 3. The van der Waals surface area contributed by atoms with Gasteiger partial charge in [0.1, 0.15) is 11.8 Å². The molecule has 0 aliphatic carbocycles. The second kappa shape index (κ2) is 6.42. The van der Waals surface area contributed by atoms with Crippen LogP contribution in [0.4, 0.5) is 18.9 Å². The topological polar surface area (TPSA) is 107 Å². The molecule has 0 aliphatic rings. The number of nitriles is 1. The predicted molar refractivity (Wildman–Crippen MR) is 74.4 cm³/mol. The van der Waals surface area contributed by atoms with Crippen LogP contribution in [0.5, 0.6) is 5.75 Å². The van der Waals surface area contributed by atoms with E-state index in [0.717, 1.165) is 12.1 Å². The maximum absolute atomic E-state index is 12.0. The van der Waals surface area contributed by atoms with E-state index in [1.807, 2.05) is 0 Å². The number of nitrogens with one attached hydrogen (secondary N) is 2. The number of hydrogen-bond donors (Lipinski definition) is 3. The first kappa shape index (κ1) is 16.0. The molecule has 1 aromatic carbocycles. The van der Waals surface area contributed by atoms with Gasteiger partial charge >= 0.3 is 6.36 Å². The number of ether oxygens (including phenoxy) is 1. The zero-order valence-corrected chi connectivity index (χ0v) is 11.8. The largest absolute Gasteiger partial charge is 0.573 e. The minimum Gasteiger partial charge on any atom is -0.406 e. The van der Waals surface area contributed by atoms with Crippen LogP contribution in [0.2, 0.25) is 0 Å². The highest BCUT2D eigenvalue weighted by molar-refractivity contribution is 14.1. The second-order valence-electron chi connectivity index (χ2n) is 3.29. The lowest BCUT2D eigenvalue weighted by molar-refractivity contribution is -0.274. The molecule has 0 aliphatic heterocycles. The van der Waals surface area contributed by atoms with Gasteiger partial charge < -0.3 is 10.5 Å². The maximum atomic E-state index is 12.0. The highest BCUT2D eigenvalue weighted by Crippen LogP contribution is 2.28. The Kier molecular flexibility index (Phi) is 5.14. The van der Waals surface area contributed by atoms with Gasteiger partial charge in [-0.2, -0.15) is 10.4 Å². The third-order valence-electron chi connectivity index (χ3n) is 1.82. The number of anilines is 1. The highest BCUT2D eigenvalue weighted by Gasteiger charge is 2.31. The van der Waals surface area contributed by atoms with Gasteiger partial charge in [-0.15, -0.1) is 13.2 Å². The molecule has 20 heavy (non-hydrogen) atoms. The van der Waals surface area contributed by atoms with Crippen LogP contribution >= 0.6 is 22.6 Å². The fraction of sp³-hybridized carbons (Fsp3) is 0.100. The van der Waals surface area contributed by atoms with Gasteiger partial charge in [-0.1, -0.05) is 0 Å². The Hall–Kier alpha value is -2.03. The van der Waals surface area contributed by atoms with Crippen LogP contribution in [0.25, 0.3) is 0 Å². The summed E-state index contributed by atoms with van der Waals surface area (Å²) in [6.45, 7) is 0. The number of benzene rings is 1. The quantitative estimate of drug-likeness (QED) is 0.314. The zero-order chi connectivity index (χ0) is 15.3. The van der Waals surface area contributed by atoms with E-state index < -0.39 is 12.2 Å². The van der Waals surface area contributed by atoms with Crippen molar-refractivity contribution in [1.29, 1.82) is 10.7 Å².